The average molecular weight is 502 g/mol. The van der Waals surface area contributed by atoms with Crippen molar-refractivity contribution in [3.05, 3.63) is 52.8 Å². The number of urea groups is 1. The third-order valence-electron chi connectivity index (χ3n) is 8.32. The summed E-state index contributed by atoms with van der Waals surface area (Å²) < 4.78 is 24.6. The predicted octanol–water partition coefficient (Wildman–Crippen LogP) is 5.74. The second-order valence-electron chi connectivity index (χ2n) is 10.0. The summed E-state index contributed by atoms with van der Waals surface area (Å²) in [5.74, 6) is 0.998. The highest BCUT2D eigenvalue weighted by atomic mass is 35.5. The Kier molecular flexibility index (Phi) is 6.82. The van der Waals surface area contributed by atoms with Gasteiger partial charge in [-0.2, -0.15) is 0 Å². The topological polar surface area (TPSA) is 62.8 Å². The lowest BCUT2D eigenvalue weighted by Gasteiger charge is -2.48. The monoisotopic (exact) mass is 501 g/mol. The first-order valence-corrected chi connectivity index (χ1v) is 12.8. The number of likely N-dealkylation sites (tertiary alicyclic amines) is 1. The van der Waals surface area contributed by atoms with Gasteiger partial charge in [0.1, 0.15) is 5.82 Å². The van der Waals surface area contributed by atoms with E-state index >= 15 is 0 Å². The molecule has 8 heteroatoms. The fourth-order valence-corrected chi connectivity index (χ4v) is 6.46. The Morgan fingerprint density at radius 1 is 1.09 bits per heavy atom. The zero-order valence-electron chi connectivity index (χ0n) is 20.3. The van der Waals surface area contributed by atoms with E-state index in [-0.39, 0.29) is 22.5 Å². The first kappa shape index (κ1) is 24.2. The maximum absolute atomic E-state index is 13.5. The molecule has 5 rings (SSSR count). The molecule has 2 aliphatic carbocycles. The van der Waals surface area contributed by atoms with Gasteiger partial charge >= 0.3 is 6.03 Å². The second-order valence-corrected chi connectivity index (χ2v) is 10.4. The number of hydrogen-bond acceptors (Lipinski definition) is 4. The van der Waals surface area contributed by atoms with Gasteiger partial charge in [-0.3, -0.25) is 4.90 Å². The SMILES string of the molecule is COc1ccc([C@@]23CC[C@H](NC(=O)Nc4ccc(F)c(Cl)c4)C[C@H]2N(C2CCC2)CC3)cc1OC. The van der Waals surface area contributed by atoms with Crippen molar-refractivity contribution in [3.8, 4) is 11.5 Å². The predicted molar refractivity (Wildman–Crippen MR) is 135 cm³/mol. The number of anilines is 1. The quantitative estimate of drug-likeness (QED) is 0.530. The number of hydrogen-bond donors (Lipinski definition) is 2. The molecule has 35 heavy (non-hydrogen) atoms. The van der Waals surface area contributed by atoms with Crippen molar-refractivity contribution in [2.45, 2.75) is 68.5 Å². The summed E-state index contributed by atoms with van der Waals surface area (Å²) in [6.45, 7) is 1.08. The Bertz CT molecular complexity index is 1100. The fourth-order valence-electron chi connectivity index (χ4n) is 6.28. The van der Waals surface area contributed by atoms with E-state index < -0.39 is 5.82 Å². The smallest absolute Gasteiger partial charge is 0.319 e. The number of ether oxygens (including phenoxy) is 2. The molecular formula is C27H33ClFN3O3. The van der Waals surface area contributed by atoms with Crippen LogP contribution in [0.2, 0.25) is 5.02 Å². The molecule has 2 aromatic rings. The lowest BCUT2D eigenvalue weighted by atomic mass is 9.64. The van der Waals surface area contributed by atoms with Gasteiger partial charge in [-0.15, -0.1) is 0 Å². The lowest BCUT2D eigenvalue weighted by Crippen LogP contribution is -2.55. The highest BCUT2D eigenvalue weighted by molar-refractivity contribution is 6.31. The molecule has 2 amide bonds. The van der Waals surface area contributed by atoms with E-state index in [1.165, 1.54) is 43.0 Å². The molecule has 6 nitrogen and oxygen atoms in total. The maximum atomic E-state index is 13.5. The van der Waals surface area contributed by atoms with Crippen molar-refractivity contribution in [1.29, 1.82) is 0 Å². The highest BCUT2D eigenvalue weighted by Gasteiger charge is 2.53. The molecular weight excluding hydrogens is 469 g/mol. The fraction of sp³-hybridized carbons (Fsp3) is 0.519. The molecule has 2 saturated carbocycles. The van der Waals surface area contributed by atoms with Crippen LogP contribution in [0.15, 0.2) is 36.4 Å². The zero-order valence-corrected chi connectivity index (χ0v) is 21.0. The first-order valence-electron chi connectivity index (χ1n) is 12.4. The van der Waals surface area contributed by atoms with Gasteiger partial charge in [-0.25, -0.2) is 9.18 Å². The van der Waals surface area contributed by atoms with E-state index in [1.54, 1.807) is 14.2 Å². The largest absolute Gasteiger partial charge is 0.493 e. The third-order valence-corrected chi connectivity index (χ3v) is 8.61. The van der Waals surface area contributed by atoms with E-state index in [0.717, 1.165) is 43.7 Å². The van der Waals surface area contributed by atoms with Gasteiger partial charge in [-0.05, 0) is 81.0 Å². The Hall–Kier alpha value is -2.51. The van der Waals surface area contributed by atoms with Crippen LogP contribution in [0.4, 0.5) is 14.9 Å². The minimum atomic E-state index is -0.506. The van der Waals surface area contributed by atoms with Gasteiger partial charge in [0.2, 0.25) is 0 Å². The van der Waals surface area contributed by atoms with Gasteiger partial charge in [0.15, 0.2) is 11.5 Å². The number of carbonyl (C=O) groups is 1. The Morgan fingerprint density at radius 2 is 1.89 bits per heavy atom. The van der Waals surface area contributed by atoms with E-state index in [2.05, 4.69) is 27.7 Å². The summed E-state index contributed by atoms with van der Waals surface area (Å²) in [5.41, 5.74) is 1.81. The normalized spacial score (nSPS) is 26.5. The highest BCUT2D eigenvalue weighted by Crippen LogP contribution is 2.52. The van der Waals surface area contributed by atoms with Gasteiger partial charge in [0.25, 0.3) is 0 Å². The third kappa shape index (κ3) is 4.56. The number of fused-ring (bicyclic) bond motifs is 1. The molecule has 0 bridgehead atoms. The molecule has 2 N–H and O–H groups in total. The van der Waals surface area contributed by atoms with Crippen molar-refractivity contribution in [2.24, 2.45) is 0 Å². The molecule has 3 fully saturated rings. The van der Waals surface area contributed by atoms with Crippen molar-refractivity contribution in [1.82, 2.24) is 10.2 Å². The molecule has 0 spiro atoms. The number of nitrogens with one attached hydrogen (secondary N) is 2. The minimum absolute atomic E-state index is 0.0118. The number of nitrogens with zero attached hydrogens (tertiary/aromatic N) is 1. The van der Waals surface area contributed by atoms with Crippen LogP contribution in [0, 0.1) is 5.82 Å². The molecule has 3 aliphatic rings. The number of halogens is 2. The van der Waals surface area contributed by atoms with Crippen molar-refractivity contribution < 1.29 is 18.7 Å². The summed E-state index contributed by atoms with van der Waals surface area (Å²) in [6, 6.07) is 11.3. The van der Waals surface area contributed by atoms with Crippen LogP contribution in [-0.2, 0) is 5.41 Å². The second kappa shape index (κ2) is 9.86. The molecule has 1 aliphatic heterocycles. The number of rotatable bonds is 6. The molecule has 188 valence electrons. The minimum Gasteiger partial charge on any atom is -0.493 e. The lowest BCUT2D eigenvalue weighted by molar-refractivity contribution is 0.0646. The number of methoxy groups -OCH3 is 2. The molecule has 3 atom stereocenters. The summed E-state index contributed by atoms with van der Waals surface area (Å²) in [7, 11) is 3.34. The Labute approximate surface area is 211 Å². The van der Waals surface area contributed by atoms with Crippen LogP contribution in [0.3, 0.4) is 0 Å². The van der Waals surface area contributed by atoms with E-state index in [9.17, 15) is 9.18 Å². The molecule has 2 aromatic carbocycles. The molecule has 0 radical (unpaired) electrons. The summed E-state index contributed by atoms with van der Waals surface area (Å²) in [6.07, 6.45) is 7.68. The zero-order chi connectivity index (χ0) is 24.6. The van der Waals surface area contributed by atoms with Crippen LogP contribution in [-0.4, -0.2) is 49.8 Å². The van der Waals surface area contributed by atoms with Gasteiger partial charge < -0.3 is 20.1 Å². The Morgan fingerprint density at radius 3 is 2.57 bits per heavy atom. The number of carbonyl (C=O) groups excluding carboxylic acids is 1. The maximum Gasteiger partial charge on any atom is 0.319 e. The van der Waals surface area contributed by atoms with Crippen LogP contribution in [0.1, 0.15) is 50.5 Å². The summed E-state index contributed by atoms with van der Waals surface area (Å²) in [4.78, 5) is 15.5. The first-order chi connectivity index (χ1) is 16.9. The van der Waals surface area contributed by atoms with E-state index in [4.69, 9.17) is 21.1 Å². The number of amides is 2. The van der Waals surface area contributed by atoms with Gasteiger partial charge in [0.05, 0.1) is 19.2 Å². The van der Waals surface area contributed by atoms with Crippen molar-refractivity contribution in [3.63, 3.8) is 0 Å². The Balaban J connectivity index is 1.35. The standard InChI is InChI=1S/C27H33ClFN3O3/c1-34-23-9-6-17(14-24(23)35-2)27-11-10-19(16-25(27)32(13-12-27)20-4-3-5-20)31-26(33)30-18-7-8-22(29)21(28)15-18/h6-9,14-15,19-20,25H,3-5,10-13,16H2,1-2H3,(H2,30,31,33)/t19-,25+,27-/m0/s1. The molecule has 0 unspecified atom stereocenters. The number of benzene rings is 2. The van der Waals surface area contributed by atoms with Crippen molar-refractivity contribution >= 4 is 23.3 Å². The van der Waals surface area contributed by atoms with Crippen LogP contribution in [0.25, 0.3) is 0 Å². The van der Waals surface area contributed by atoms with E-state index in [0.29, 0.717) is 17.8 Å². The molecule has 1 saturated heterocycles. The summed E-state index contributed by atoms with van der Waals surface area (Å²) >= 11 is 5.86. The van der Waals surface area contributed by atoms with E-state index in [1.807, 2.05) is 6.07 Å². The molecule has 0 aromatic heterocycles. The van der Waals surface area contributed by atoms with Gasteiger partial charge in [0, 0.05) is 29.2 Å². The van der Waals surface area contributed by atoms with Crippen LogP contribution >= 0.6 is 11.6 Å². The molecule has 1 heterocycles. The van der Waals surface area contributed by atoms with Crippen LogP contribution < -0.4 is 20.1 Å². The van der Waals surface area contributed by atoms with Crippen LogP contribution in [0.5, 0.6) is 11.5 Å². The van der Waals surface area contributed by atoms with Gasteiger partial charge in [-0.1, -0.05) is 24.1 Å². The summed E-state index contributed by atoms with van der Waals surface area (Å²) in [5, 5.41) is 5.95. The average Bonchev–Trinajstić information content (AvgIpc) is 3.19. The van der Waals surface area contributed by atoms with Crippen molar-refractivity contribution in [2.75, 3.05) is 26.1 Å².